The maximum atomic E-state index is 9.21. The molecule has 19 heavy (non-hydrogen) atoms. The van der Waals surface area contributed by atoms with Crippen molar-refractivity contribution in [2.75, 3.05) is 32.8 Å². The lowest BCUT2D eigenvalue weighted by molar-refractivity contribution is 0.0917. The Hall–Kier alpha value is -0.120. The van der Waals surface area contributed by atoms with E-state index < -0.39 is 0 Å². The number of hydrogen-bond acceptors (Lipinski definition) is 3. The van der Waals surface area contributed by atoms with Crippen LogP contribution in [-0.4, -0.2) is 48.8 Å². The van der Waals surface area contributed by atoms with Crippen LogP contribution in [0.3, 0.4) is 0 Å². The van der Waals surface area contributed by atoms with E-state index in [1.54, 1.807) is 0 Å². The number of aliphatic hydroxyl groups excluding tert-OH is 1. The molecule has 1 aliphatic rings. The maximum absolute atomic E-state index is 9.21. The first-order valence-electron chi connectivity index (χ1n) is 8.09. The van der Waals surface area contributed by atoms with Gasteiger partial charge in [0.2, 0.25) is 0 Å². The molecule has 0 aliphatic heterocycles. The van der Waals surface area contributed by atoms with Gasteiger partial charge >= 0.3 is 0 Å². The van der Waals surface area contributed by atoms with Crippen molar-refractivity contribution in [3.8, 4) is 0 Å². The van der Waals surface area contributed by atoms with E-state index in [0.29, 0.717) is 11.5 Å². The quantitative estimate of drug-likeness (QED) is 0.711. The molecule has 1 fully saturated rings. The number of hydrogen-bond donors (Lipinski definition) is 2. The number of nitrogens with one attached hydrogen (secondary N) is 1. The summed E-state index contributed by atoms with van der Waals surface area (Å²) in [4.78, 5) is 2.44. The Morgan fingerprint density at radius 3 is 2.58 bits per heavy atom. The number of rotatable bonds is 8. The van der Waals surface area contributed by atoms with Crippen LogP contribution in [0, 0.1) is 11.3 Å². The first-order chi connectivity index (χ1) is 9.02. The second-order valence-corrected chi connectivity index (χ2v) is 6.86. The second-order valence-electron chi connectivity index (χ2n) is 6.86. The van der Waals surface area contributed by atoms with Crippen molar-refractivity contribution in [3.05, 3.63) is 0 Å². The van der Waals surface area contributed by atoms with Crippen LogP contribution in [0.4, 0.5) is 0 Å². The SMILES string of the molecule is CCCN(CCO)CC1CC(C)(C)CCC1NCC. The summed E-state index contributed by atoms with van der Waals surface area (Å²) in [5.41, 5.74) is 0.480. The van der Waals surface area contributed by atoms with E-state index in [1.807, 2.05) is 0 Å². The molecule has 114 valence electrons. The van der Waals surface area contributed by atoms with Crippen molar-refractivity contribution in [2.24, 2.45) is 11.3 Å². The second kappa shape index (κ2) is 8.23. The Bertz CT molecular complexity index is 237. The summed E-state index contributed by atoms with van der Waals surface area (Å²) in [6, 6.07) is 0.663. The first-order valence-corrected chi connectivity index (χ1v) is 8.09. The van der Waals surface area contributed by atoms with Crippen LogP contribution in [0.2, 0.25) is 0 Å². The van der Waals surface area contributed by atoms with E-state index in [2.05, 4.69) is 37.9 Å². The molecule has 0 spiro atoms. The van der Waals surface area contributed by atoms with Crippen molar-refractivity contribution >= 4 is 0 Å². The highest BCUT2D eigenvalue weighted by Gasteiger charge is 2.35. The lowest BCUT2D eigenvalue weighted by Crippen LogP contribution is -2.48. The molecule has 3 heteroatoms. The molecule has 2 unspecified atom stereocenters. The summed E-state index contributed by atoms with van der Waals surface area (Å²) in [5.74, 6) is 0.724. The van der Waals surface area contributed by atoms with Gasteiger partial charge in [0, 0.05) is 19.1 Å². The molecule has 1 aliphatic carbocycles. The zero-order valence-electron chi connectivity index (χ0n) is 13.4. The topological polar surface area (TPSA) is 35.5 Å². The Morgan fingerprint density at radius 1 is 1.26 bits per heavy atom. The molecule has 2 atom stereocenters. The third-order valence-electron chi connectivity index (χ3n) is 4.43. The van der Waals surface area contributed by atoms with Crippen molar-refractivity contribution in [1.82, 2.24) is 10.2 Å². The summed E-state index contributed by atoms with van der Waals surface area (Å²) in [6.45, 7) is 13.6. The standard InChI is InChI=1S/C16H34N2O/c1-5-9-18(10-11-19)13-14-12-16(3,4)8-7-15(14)17-6-2/h14-15,17,19H,5-13H2,1-4H3. The van der Waals surface area contributed by atoms with Crippen LogP contribution >= 0.6 is 0 Å². The molecular weight excluding hydrogens is 236 g/mol. The monoisotopic (exact) mass is 270 g/mol. The summed E-state index contributed by atoms with van der Waals surface area (Å²) >= 11 is 0. The minimum atomic E-state index is 0.280. The van der Waals surface area contributed by atoms with E-state index in [0.717, 1.165) is 32.1 Å². The van der Waals surface area contributed by atoms with Crippen LogP contribution in [0.1, 0.15) is 53.4 Å². The van der Waals surface area contributed by atoms with Crippen LogP contribution in [0.25, 0.3) is 0 Å². The molecule has 3 nitrogen and oxygen atoms in total. The highest BCUT2D eigenvalue weighted by atomic mass is 16.3. The molecule has 0 heterocycles. The van der Waals surface area contributed by atoms with Gasteiger partial charge in [0.15, 0.2) is 0 Å². The van der Waals surface area contributed by atoms with Crippen LogP contribution < -0.4 is 5.32 Å². The minimum absolute atomic E-state index is 0.280. The van der Waals surface area contributed by atoms with Crippen LogP contribution in [-0.2, 0) is 0 Å². The average Bonchev–Trinajstić information content (AvgIpc) is 2.33. The molecule has 1 saturated carbocycles. The van der Waals surface area contributed by atoms with Gasteiger partial charge in [-0.1, -0.05) is 27.7 Å². The van der Waals surface area contributed by atoms with Gasteiger partial charge in [0.1, 0.15) is 0 Å². The van der Waals surface area contributed by atoms with Gasteiger partial charge in [-0.05, 0) is 50.1 Å². The van der Waals surface area contributed by atoms with Gasteiger partial charge in [0.25, 0.3) is 0 Å². The van der Waals surface area contributed by atoms with Crippen molar-refractivity contribution in [2.45, 2.75) is 59.4 Å². The predicted molar refractivity (Wildman–Crippen MR) is 82.4 cm³/mol. The third-order valence-corrected chi connectivity index (χ3v) is 4.43. The highest BCUT2D eigenvalue weighted by molar-refractivity contribution is 4.90. The number of nitrogens with zero attached hydrogens (tertiary/aromatic N) is 1. The Kier molecular flexibility index (Phi) is 7.33. The van der Waals surface area contributed by atoms with Gasteiger partial charge in [-0.25, -0.2) is 0 Å². The molecule has 0 amide bonds. The molecule has 0 bridgehead atoms. The van der Waals surface area contributed by atoms with E-state index >= 15 is 0 Å². The van der Waals surface area contributed by atoms with Gasteiger partial charge in [-0.2, -0.15) is 0 Å². The fourth-order valence-electron chi connectivity index (χ4n) is 3.54. The molecule has 0 aromatic carbocycles. The van der Waals surface area contributed by atoms with Crippen LogP contribution in [0.15, 0.2) is 0 Å². The van der Waals surface area contributed by atoms with Gasteiger partial charge in [-0.15, -0.1) is 0 Å². The smallest absolute Gasteiger partial charge is 0.0558 e. The molecule has 0 aromatic heterocycles. The maximum Gasteiger partial charge on any atom is 0.0558 e. The zero-order valence-corrected chi connectivity index (χ0v) is 13.4. The summed E-state index contributed by atoms with van der Waals surface area (Å²) in [5, 5.41) is 12.9. The molecule has 2 N–H and O–H groups in total. The summed E-state index contributed by atoms with van der Waals surface area (Å²) in [7, 11) is 0. The normalized spacial score (nSPS) is 26.8. The highest BCUT2D eigenvalue weighted by Crippen LogP contribution is 2.39. The fraction of sp³-hybridized carbons (Fsp3) is 1.00. The van der Waals surface area contributed by atoms with Gasteiger partial charge in [-0.3, -0.25) is 0 Å². The molecule has 0 aromatic rings. The first kappa shape index (κ1) is 16.9. The van der Waals surface area contributed by atoms with E-state index in [-0.39, 0.29) is 6.61 Å². The lowest BCUT2D eigenvalue weighted by atomic mass is 9.69. The Labute approximate surface area is 119 Å². The Morgan fingerprint density at radius 2 is 2.00 bits per heavy atom. The molecule has 0 saturated heterocycles. The van der Waals surface area contributed by atoms with Gasteiger partial charge in [0.05, 0.1) is 6.61 Å². The molecular formula is C16H34N2O. The van der Waals surface area contributed by atoms with Crippen molar-refractivity contribution in [3.63, 3.8) is 0 Å². The zero-order chi connectivity index (χ0) is 14.3. The van der Waals surface area contributed by atoms with E-state index in [4.69, 9.17) is 0 Å². The average molecular weight is 270 g/mol. The minimum Gasteiger partial charge on any atom is -0.395 e. The van der Waals surface area contributed by atoms with Gasteiger partial charge < -0.3 is 15.3 Å². The fourth-order valence-corrected chi connectivity index (χ4v) is 3.54. The van der Waals surface area contributed by atoms with Crippen LogP contribution in [0.5, 0.6) is 0 Å². The van der Waals surface area contributed by atoms with Crippen molar-refractivity contribution < 1.29 is 5.11 Å². The van der Waals surface area contributed by atoms with Crippen molar-refractivity contribution in [1.29, 1.82) is 0 Å². The summed E-state index contributed by atoms with van der Waals surface area (Å²) in [6.07, 6.45) is 5.10. The molecule has 1 rings (SSSR count). The van der Waals surface area contributed by atoms with E-state index in [1.165, 1.54) is 25.7 Å². The summed E-state index contributed by atoms with van der Waals surface area (Å²) < 4.78 is 0. The largest absolute Gasteiger partial charge is 0.395 e. The van der Waals surface area contributed by atoms with E-state index in [9.17, 15) is 5.11 Å². The third kappa shape index (κ3) is 5.80. The predicted octanol–water partition coefficient (Wildman–Crippen LogP) is 2.50. The lowest BCUT2D eigenvalue weighted by Gasteiger charge is -2.43. The molecule has 0 radical (unpaired) electrons. The Balaban J connectivity index is 2.61. The number of aliphatic hydroxyl groups is 1.